The maximum atomic E-state index is 13.2. The van der Waals surface area contributed by atoms with Gasteiger partial charge in [-0.2, -0.15) is 18.2 Å². The molecule has 0 amide bonds. The Kier molecular flexibility index (Phi) is 10.5. The Labute approximate surface area is 218 Å². The molecule has 0 radical (unpaired) electrons. The first-order valence-corrected chi connectivity index (χ1v) is 12.1. The van der Waals surface area contributed by atoms with E-state index in [-0.39, 0.29) is 6.54 Å². The predicted molar refractivity (Wildman–Crippen MR) is 138 cm³/mol. The molecule has 37 heavy (non-hydrogen) atoms. The standard InChI is InChI=1S/C16H12F2N4S.C9H17F3N2/c17-13-6-3-11(9-14(13)18)20-15-7-8-19-16(22-15)21-10-1-4-12(23)5-2-10;1-13-8-2-5-14(6-3-8)7-4-9(10,11)12/h1-9,23H,(H2,19,20,21,22);8,13H,2-7H2,1H3. The van der Waals surface area contributed by atoms with Crippen LogP contribution in [-0.2, 0) is 0 Å². The zero-order chi connectivity index (χ0) is 26.8. The molecule has 0 bridgehead atoms. The molecular weight excluding hydrogens is 511 g/mol. The number of aromatic nitrogens is 2. The molecule has 12 heteroatoms. The van der Waals surface area contributed by atoms with E-state index in [1.807, 2.05) is 36.2 Å². The van der Waals surface area contributed by atoms with Crippen molar-refractivity contribution in [3.63, 3.8) is 0 Å². The number of alkyl halides is 3. The van der Waals surface area contributed by atoms with Crippen molar-refractivity contribution in [1.82, 2.24) is 20.2 Å². The van der Waals surface area contributed by atoms with E-state index in [1.54, 1.807) is 12.3 Å². The molecule has 1 aromatic heterocycles. The smallest absolute Gasteiger partial charge is 0.340 e. The molecule has 0 aliphatic carbocycles. The summed E-state index contributed by atoms with van der Waals surface area (Å²) < 4.78 is 61.9. The van der Waals surface area contributed by atoms with Crippen molar-refractivity contribution in [2.75, 3.05) is 37.3 Å². The van der Waals surface area contributed by atoms with Crippen LogP contribution in [0.1, 0.15) is 19.3 Å². The lowest BCUT2D eigenvalue weighted by Crippen LogP contribution is -2.42. The normalized spacial score (nSPS) is 14.6. The van der Waals surface area contributed by atoms with E-state index in [4.69, 9.17) is 0 Å². The van der Waals surface area contributed by atoms with Crippen molar-refractivity contribution in [3.05, 3.63) is 66.4 Å². The van der Waals surface area contributed by atoms with Crippen LogP contribution >= 0.6 is 12.6 Å². The van der Waals surface area contributed by atoms with E-state index in [9.17, 15) is 22.0 Å². The minimum atomic E-state index is -4.01. The van der Waals surface area contributed by atoms with E-state index in [1.165, 1.54) is 6.07 Å². The molecule has 4 rings (SSSR count). The number of nitrogens with zero attached hydrogens (tertiary/aromatic N) is 3. The molecule has 1 aliphatic rings. The maximum Gasteiger partial charge on any atom is 0.390 e. The summed E-state index contributed by atoms with van der Waals surface area (Å²) in [5, 5.41) is 9.09. The second kappa shape index (κ2) is 13.5. The summed E-state index contributed by atoms with van der Waals surface area (Å²) in [6.45, 7) is 1.71. The fraction of sp³-hybridized carbons (Fsp3) is 0.360. The van der Waals surface area contributed by atoms with Gasteiger partial charge in [0.25, 0.3) is 0 Å². The number of rotatable bonds is 7. The van der Waals surface area contributed by atoms with Gasteiger partial charge in [0.15, 0.2) is 11.6 Å². The van der Waals surface area contributed by atoms with Gasteiger partial charge >= 0.3 is 6.18 Å². The van der Waals surface area contributed by atoms with Crippen molar-refractivity contribution < 1.29 is 22.0 Å². The predicted octanol–water partition coefficient (Wildman–Crippen LogP) is 6.15. The third-order valence-electron chi connectivity index (χ3n) is 5.68. The molecule has 2 aromatic carbocycles. The van der Waals surface area contributed by atoms with Crippen molar-refractivity contribution in [2.24, 2.45) is 0 Å². The zero-order valence-electron chi connectivity index (χ0n) is 20.2. The Morgan fingerprint density at radius 2 is 1.62 bits per heavy atom. The number of likely N-dealkylation sites (tertiary alicyclic amines) is 1. The Morgan fingerprint density at radius 3 is 2.24 bits per heavy atom. The van der Waals surface area contributed by atoms with Gasteiger partial charge < -0.3 is 20.9 Å². The van der Waals surface area contributed by atoms with Gasteiger partial charge in [-0.25, -0.2) is 13.8 Å². The third-order valence-corrected chi connectivity index (χ3v) is 5.98. The van der Waals surface area contributed by atoms with Gasteiger partial charge in [-0.3, -0.25) is 0 Å². The van der Waals surface area contributed by atoms with Crippen LogP contribution in [0.25, 0.3) is 0 Å². The average molecular weight is 541 g/mol. The number of hydrogen-bond acceptors (Lipinski definition) is 7. The average Bonchev–Trinajstić information content (AvgIpc) is 2.87. The molecule has 0 spiro atoms. The highest BCUT2D eigenvalue weighted by atomic mass is 32.1. The Bertz CT molecular complexity index is 1120. The molecule has 6 nitrogen and oxygen atoms in total. The second-order valence-corrected chi connectivity index (χ2v) is 8.98. The largest absolute Gasteiger partial charge is 0.390 e. The molecule has 200 valence electrons. The van der Waals surface area contributed by atoms with Crippen molar-refractivity contribution >= 4 is 35.8 Å². The number of piperidine rings is 1. The molecule has 0 saturated carbocycles. The summed E-state index contributed by atoms with van der Waals surface area (Å²) in [6, 6.07) is 13.0. The van der Waals surface area contributed by atoms with Crippen LogP contribution in [-0.4, -0.2) is 53.8 Å². The lowest BCUT2D eigenvalue weighted by atomic mass is 10.1. The molecule has 3 aromatic rings. The van der Waals surface area contributed by atoms with Gasteiger partial charge in [0, 0.05) is 41.1 Å². The van der Waals surface area contributed by atoms with E-state index >= 15 is 0 Å². The van der Waals surface area contributed by atoms with Gasteiger partial charge in [0.05, 0.1) is 6.42 Å². The number of hydrogen-bond donors (Lipinski definition) is 4. The van der Waals surface area contributed by atoms with Gasteiger partial charge in [-0.05, 0) is 75.4 Å². The van der Waals surface area contributed by atoms with Crippen LogP contribution < -0.4 is 16.0 Å². The van der Waals surface area contributed by atoms with Crippen LogP contribution in [0.3, 0.4) is 0 Å². The second-order valence-electron chi connectivity index (χ2n) is 8.46. The Balaban J connectivity index is 0.000000233. The highest BCUT2D eigenvalue weighted by Gasteiger charge is 2.28. The van der Waals surface area contributed by atoms with Crippen LogP contribution in [0.2, 0.25) is 0 Å². The minimum Gasteiger partial charge on any atom is -0.340 e. The number of thiol groups is 1. The molecule has 3 N–H and O–H groups in total. The molecule has 1 aliphatic heterocycles. The molecule has 2 heterocycles. The highest BCUT2D eigenvalue weighted by Crippen LogP contribution is 2.22. The monoisotopic (exact) mass is 540 g/mol. The summed E-state index contributed by atoms with van der Waals surface area (Å²) in [7, 11) is 1.90. The highest BCUT2D eigenvalue weighted by molar-refractivity contribution is 7.80. The van der Waals surface area contributed by atoms with Crippen molar-refractivity contribution in [1.29, 1.82) is 0 Å². The SMILES string of the molecule is CNC1CCN(CCC(F)(F)F)CC1.Fc1ccc(Nc2ccnc(Nc3ccc(S)cc3)n2)cc1F. The molecule has 1 fully saturated rings. The van der Waals surface area contributed by atoms with Gasteiger partial charge in [-0.15, -0.1) is 12.6 Å². The number of halogens is 5. The van der Waals surface area contributed by atoms with Gasteiger partial charge in [-0.1, -0.05) is 0 Å². The van der Waals surface area contributed by atoms with E-state index in [2.05, 4.69) is 38.5 Å². The van der Waals surface area contributed by atoms with Crippen LogP contribution in [0, 0.1) is 11.6 Å². The Hall–Kier alpha value is -2.96. The van der Waals surface area contributed by atoms with Gasteiger partial charge in [0.2, 0.25) is 5.95 Å². The summed E-state index contributed by atoms with van der Waals surface area (Å²) in [4.78, 5) is 11.1. The summed E-state index contributed by atoms with van der Waals surface area (Å²) in [5.41, 5.74) is 1.21. The van der Waals surface area contributed by atoms with E-state index in [0.717, 1.165) is 48.6 Å². The van der Waals surface area contributed by atoms with E-state index in [0.29, 0.717) is 23.5 Å². The zero-order valence-corrected chi connectivity index (χ0v) is 21.1. The quantitative estimate of drug-likeness (QED) is 0.213. The third kappa shape index (κ3) is 10.1. The lowest BCUT2D eigenvalue weighted by molar-refractivity contribution is -0.138. The molecule has 0 unspecified atom stereocenters. The first-order chi connectivity index (χ1) is 17.6. The lowest BCUT2D eigenvalue weighted by Gasteiger charge is -2.31. The molecule has 1 saturated heterocycles. The van der Waals surface area contributed by atoms with Crippen LogP contribution in [0.15, 0.2) is 59.6 Å². The van der Waals surface area contributed by atoms with Crippen molar-refractivity contribution in [3.8, 4) is 0 Å². The summed E-state index contributed by atoms with van der Waals surface area (Å²) in [5.74, 6) is -0.980. The minimum absolute atomic E-state index is 0.153. The van der Waals surface area contributed by atoms with Crippen LogP contribution in [0.5, 0.6) is 0 Å². The summed E-state index contributed by atoms with van der Waals surface area (Å²) in [6.07, 6.45) is -1.23. The molecule has 0 atom stereocenters. The Morgan fingerprint density at radius 1 is 0.946 bits per heavy atom. The topological polar surface area (TPSA) is 65.1 Å². The van der Waals surface area contributed by atoms with Gasteiger partial charge in [0.1, 0.15) is 5.82 Å². The summed E-state index contributed by atoms with van der Waals surface area (Å²) >= 11 is 4.22. The van der Waals surface area contributed by atoms with E-state index < -0.39 is 24.2 Å². The number of anilines is 4. The first kappa shape index (κ1) is 28.6. The van der Waals surface area contributed by atoms with Crippen molar-refractivity contribution in [2.45, 2.75) is 36.4 Å². The fourth-order valence-corrected chi connectivity index (χ4v) is 3.76. The first-order valence-electron chi connectivity index (χ1n) is 11.7. The fourth-order valence-electron chi connectivity index (χ4n) is 3.61. The number of nitrogens with one attached hydrogen (secondary N) is 3. The molecular formula is C25H29F5N6S. The maximum absolute atomic E-state index is 13.2. The number of benzene rings is 2. The van der Waals surface area contributed by atoms with Crippen LogP contribution in [0.4, 0.5) is 45.1 Å².